The van der Waals surface area contributed by atoms with E-state index < -0.39 is 0 Å². The maximum atomic E-state index is 13.2. The van der Waals surface area contributed by atoms with Gasteiger partial charge >= 0.3 is 0 Å². The smallest absolute Gasteiger partial charge is 0.228 e. The third-order valence-electron chi connectivity index (χ3n) is 5.85. The molecular formula is C30H25N3O2. The summed E-state index contributed by atoms with van der Waals surface area (Å²) in [7, 11) is 0. The molecule has 0 fully saturated rings. The SMILES string of the molecule is Cc1nc2ccccc2c(-c2ccccc2)c1CC(=O)Nc1cccc(OCc2cccnc2)c1. The number of para-hydroxylation sites is 1. The predicted molar refractivity (Wildman–Crippen MR) is 139 cm³/mol. The average molecular weight is 460 g/mol. The lowest BCUT2D eigenvalue weighted by atomic mass is 9.92. The Morgan fingerprint density at radius 2 is 1.74 bits per heavy atom. The van der Waals surface area contributed by atoms with E-state index in [2.05, 4.69) is 28.5 Å². The van der Waals surface area contributed by atoms with Crippen molar-refractivity contribution < 1.29 is 9.53 Å². The molecule has 0 unspecified atom stereocenters. The Kier molecular flexibility index (Phi) is 6.48. The molecule has 0 saturated heterocycles. The first-order chi connectivity index (χ1) is 17.2. The van der Waals surface area contributed by atoms with Crippen molar-refractivity contribution >= 4 is 22.5 Å². The first kappa shape index (κ1) is 22.3. The molecule has 35 heavy (non-hydrogen) atoms. The highest BCUT2D eigenvalue weighted by Gasteiger charge is 2.17. The molecule has 172 valence electrons. The normalized spacial score (nSPS) is 10.8. The van der Waals surface area contributed by atoms with Crippen molar-refractivity contribution in [1.82, 2.24) is 9.97 Å². The number of hydrogen-bond acceptors (Lipinski definition) is 4. The second-order valence-electron chi connectivity index (χ2n) is 8.34. The molecule has 0 spiro atoms. The molecule has 0 bridgehead atoms. The van der Waals surface area contributed by atoms with Gasteiger partial charge in [-0.1, -0.05) is 60.7 Å². The van der Waals surface area contributed by atoms with Crippen molar-refractivity contribution in [2.45, 2.75) is 20.0 Å². The minimum Gasteiger partial charge on any atom is -0.489 e. The zero-order valence-electron chi connectivity index (χ0n) is 19.4. The summed E-state index contributed by atoms with van der Waals surface area (Å²) in [4.78, 5) is 22.0. The fraction of sp³-hybridized carbons (Fsp3) is 0.100. The molecule has 3 aromatic carbocycles. The molecule has 0 aliphatic carbocycles. The third kappa shape index (κ3) is 5.20. The number of fused-ring (bicyclic) bond motifs is 1. The van der Waals surface area contributed by atoms with Gasteiger partial charge in [-0.15, -0.1) is 0 Å². The van der Waals surface area contributed by atoms with Gasteiger partial charge < -0.3 is 10.1 Å². The van der Waals surface area contributed by atoms with E-state index in [1.54, 1.807) is 12.4 Å². The van der Waals surface area contributed by atoms with E-state index in [1.807, 2.05) is 79.7 Å². The number of hydrogen-bond donors (Lipinski definition) is 1. The topological polar surface area (TPSA) is 64.1 Å². The van der Waals surface area contributed by atoms with Gasteiger partial charge in [-0.05, 0) is 47.9 Å². The maximum absolute atomic E-state index is 13.2. The highest BCUT2D eigenvalue weighted by molar-refractivity contribution is 6.00. The van der Waals surface area contributed by atoms with Crippen LogP contribution in [0.5, 0.6) is 5.75 Å². The Bertz CT molecular complexity index is 1470. The Morgan fingerprint density at radius 1 is 0.914 bits per heavy atom. The summed E-state index contributed by atoms with van der Waals surface area (Å²) < 4.78 is 5.88. The maximum Gasteiger partial charge on any atom is 0.228 e. The molecule has 0 aliphatic heterocycles. The van der Waals surface area contributed by atoms with Crippen LogP contribution in [-0.4, -0.2) is 15.9 Å². The van der Waals surface area contributed by atoms with Crippen molar-refractivity contribution in [2.24, 2.45) is 0 Å². The van der Waals surface area contributed by atoms with Crippen LogP contribution in [0.4, 0.5) is 5.69 Å². The van der Waals surface area contributed by atoms with Crippen LogP contribution in [0.3, 0.4) is 0 Å². The number of anilines is 1. The highest BCUT2D eigenvalue weighted by Crippen LogP contribution is 2.33. The number of nitrogens with zero attached hydrogens (tertiary/aromatic N) is 2. The van der Waals surface area contributed by atoms with E-state index in [-0.39, 0.29) is 12.3 Å². The molecule has 5 aromatic rings. The number of pyridine rings is 2. The van der Waals surface area contributed by atoms with Gasteiger partial charge in [0.05, 0.1) is 11.9 Å². The van der Waals surface area contributed by atoms with E-state index in [4.69, 9.17) is 9.72 Å². The largest absolute Gasteiger partial charge is 0.489 e. The van der Waals surface area contributed by atoms with Crippen molar-refractivity contribution in [2.75, 3.05) is 5.32 Å². The Balaban J connectivity index is 1.38. The van der Waals surface area contributed by atoms with Gasteiger partial charge in [0.15, 0.2) is 0 Å². The number of rotatable bonds is 7. The standard InChI is InChI=1S/C30H25N3O2/c1-21-27(30(23-10-3-2-4-11-23)26-14-5-6-15-28(26)32-21)18-29(34)33-24-12-7-13-25(17-24)35-20-22-9-8-16-31-19-22/h2-17,19H,18,20H2,1H3,(H,33,34). The fourth-order valence-corrected chi connectivity index (χ4v) is 4.20. The molecule has 1 amide bonds. The Morgan fingerprint density at radius 3 is 2.57 bits per heavy atom. The van der Waals surface area contributed by atoms with Gasteiger partial charge in [-0.2, -0.15) is 0 Å². The van der Waals surface area contributed by atoms with Crippen molar-refractivity contribution in [3.63, 3.8) is 0 Å². The summed E-state index contributed by atoms with van der Waals surface area (Å²) in [6.45, 7) is 2.38. The zero-order chi connectivity index (χ0) is 24.0. The number of nitrogens with one attached hydrogen (secondary N) is 1. The van der Waals surface area contributed by atoms with Crippen molar-refractivity contribution in [3.8, 4) is 16.9 Å². The van der Waals surface area contributed by atoms with E-state index in [0.29, 0.717) is 18.0 Å². The molecule has 5 nitrogen and oxygen atoms in total. The van der Waals surface area contributed by atoms with Crippen molar-refractivity contribution in [1.29, 1.82) is 0 Å². The number of aromatic nitrogens is 2. The Labute approximate surface area is 204 Å². The van der Waals surface area contributed by atoms with Crippen LogP contribution in [0.25, 0.3) is 22.0 Å². The van der Waals surface area contributed by atoms with Crippen LogP contribution in [0.1, 0.15) is 16.8 Å². The van der Waals surface area contributed by atoms with Gasteiger partial charge in [0, 0.05) is 40.8 Å². The molecule has 0 atom stereocenters. The van der Waals surface area contributed by atoms with Crippen LogP contribution >= 0.6 is 0 Å². The van der Waals surface area contributed by atoms with Crippen LogP contribution in [-0.2, 0) is 17.8 Å². The minimum absolute atomic E-state index is 0.105. The number of benzene rings is 3. The Hall–Kier alpha value is -4.51. The van der Waals surface area contributed by atoms with Gasteiger partial charge in [0.25, 0.3) is 0 Å². The third-order valence-corrected chi connectivity index (χ3v) is 5.85. The van der Waals surface area contributed by atoms with Crippen LogP contribution in [0.15, 0.2) is 103 Å². The van der Waals surface area contributed by atoms with Gasteiger partial charge in [0.2, 0.25) is 5.91 Å². The first-order valence-electron chi connectivity index (χ1n) is 11.5. The van der Waals surface area contributed by atoms with Crippen LogP contribution in [0.2, 0.25) is 0 Å². The molecule has 2 aromatic heterocycles. The number of aryl methyl sites for hydroxylation is 1. The summed E-state index contributed by atoms with van der Waals surface area (Å²) in [6.07, 6.45) is 3.72. The van der Waals surface area contributed by atoms with Crippen LogP contribution < -0.4 is 10.1 Å². The summed E-state index contributed by atoms with van der Waals surface area (Å²) in [5.41, 5.74) is 6.50. The first-order valence-corrected chi connectivity index (χ1v) is 11.5. The lowest BCUT2D eigenvalue weighted by molar-refractivity contribution is -0.115. The van der Waals surface area contributed by atoms with E-state index >= 15 is 0 Å². The quantitative estimate of drug-likeness (QED) is 0.307. The highest BCUT2D eigenvalue weighted by atomic mass is 16.5. The van der Waals surface area contributed by atoms with E-state index in [0.717, 1.165) is 38.9 Å². The van der Waals surface area contributed by atoms with Gasteiger partial charge in [-0.3, -0.25) is 14.8 Å². The molecule has 5 heteroatoms. The van der Waals surface area contributed by atoms with Crippen molar-refractivity contribution in [3.05, 3.63) is 120 Å². The molecule has 2 heterocycles. The molecule has 0 saturated carbocycles. The number of carbonyl (C=O) groups excluding carboxylic acids is 1. The van der Waals surface area contributed by atoms with Gasteiger partial charge in [0.1, 0.15) is 12.4 Å². The molecule has 5 rings (SSSR count). The summed E-state index contributed by atoms with van der Waals surface area (Å²) >= 11 is 0. The monoisotopic (exact) mass is 459 g/mol. The average Bonchev–Trinajstić information content (AvgIpc) is 2.89. The lowest BCUT2D eigenvalue weighted by Gasteiger charge is -2.16. The zero-order valence-corrected chi connectivity index (χ0v) is 19.4. The summed E-state index contributed by atoms with van der Waals surface area (Å²) in [5.74, 6) is 0.576. The molecule has 1 N–H and O–H groups in total. The van der Waals surface area contributed by atoms with Gasteiger partial charge in [-0.25, -0.2) is 0 Å². The molecular weight excluding hydrogens is 434 g/mol. The summed E-state index contributed by atoms with van der Waals surface area (Å²) in [5, 5.41) is 4.06. The predicted octanol–water partition coefficient (Wildman–Crippen LogP) is 6.37. The summed E-state index contributed by atoms with van der Waals surface area (Å²) in [6, 6.07) is 29.5. The second kappa shape index (κ2) is 10.2. The van der Waals surface area contributed by atoms with E-state index in [1.165, 1.54) is 0 Å². The second-order valence-corrected chi connectivity index (χ2v) is 8.34. The van der Waals surface area contributed by atoms with Crippen LogP contribution in [0, 0.1) is 6.92 Å². The molecule has 0 aliphatic rings. The fourth-order valence-electron chi connectivity index (χ4n) is 4.20. The lowest BCUT2D eigenvalue weighted by Crippen LogP contribution is -2.16. The number of ether oxygens (including phenoxy) is 1. The minimum atomic E-state index is -0.105. The molecule has 0 radical (unpaired) electrons. The number of carbonyl (C=O) groups is 1. The van der Waals surface area contributed by atoms with E-state index in [9.17, 15) is 4.79 Å². The number of amides is 1.